The lowest BCUT2D eigenvalue weighted by atomic mass is 9.88. The first-order chi connectivity index (χ1) is 14.7. The molecule has 174 valence electrons. The van der Waals surface area contributed by atoms with Crippen LogP contribution in [0.3, 0.4) is 0 Å². The van der Waals surface area contributed by atoms with Gasteiger partial charge in [-0.15, -0.1) is 11.8 Å². The van der Waals surface area contributed by atoms with Crippen molar-refractivity contribution in [2.45, 2.75) is 99.5 Å². The molecule has 7 heteroatoms. The number of ether oxygens (including phenoxy) is 2. The van der Waals surface area contributed by atoms with Crippen molar-refractivity contribution in [1.29, 1.82) is 0 Å². The van der Waals surface area contributed by atoms with E-state index < -0.39 is 13.9 Å². The van der Waals surface area contributed by atoms with Gasteiger partial charge in [0.15, 0.2) is 14.4 Å². The van der Waals surface area contributed by atoms with Crippen LogP contribution in [0.2, 0.25) is 17.6 Å². The highest BCUT2D eigenvalue weighted by Gasteiger charge is 2.63. The van der Waals surface area contributed by atoms with Gasteiger partial charge < -0.3 is 13.9 Å². The molecule has 1 aromatic rings. The van der Waals surface area contributed by atoms with Crippen molar-refractivity contribution in [3.8, 4) is 0 Å². The predicted octanol–water partition coefficient (Wildman–Crippen LogP) is 6.36. The average molecular weight is 483 g/mol. The Balaban J connectivity index is 1.96. The van der Waals surface area contributed by atoms with Gasteiger partial charge in [-0.25, -0.2) is 0 Å². The van der Waals surface area contributed by atoms with Gasteiger partial charge in [-0.1, -0.05) is 71.5 Å². The number of carbonyl (C=O) groups excluding carboxylic acids is 1. The highest BCUT2D eigenvalue weighted by atomic mass is 32.2. The summed E-state index contributed by atoms with van der Waals surface area (Å²) >= 11 is 3.68. The van der Waals surface area contributed by atoms with Crippen LogP contribution in [-0.2, 0) is 18.7 Å². The number of esters is 1. The van der Waals surface area contributed by atoms with Crippen molar-refractivity contribution in [3.05, 3.63) is 30.3 Å². The summed E-state index contributed by atoms with van der Waals surface area (Å²) < 4.78 is 19.9. The molecule has 0 aromatic heterocycles. The van der Waals surface area contributed by atoms with Gasteiger partial charge in [0.25, 0.3) is 0 Å². The Morgan fingerprint density at radius 1 is 1.23 bits per heavy atom. The maximum atomic E-state index is 12.7. The Morgan fingerprint density at radius 3 is 2.42 bits per heavy atom. The van der Waals surface area contributed by atoms with Crippen LogP contribution in [-0.4, -0.2) is 48.5 Å². The van der Waals surface area contributed by atoms with E-state index in [1.54, 1.807) is 11.8 Å². The lowest BCUT2D eigenvalue weighted by Gasteiger charge is -2.59. The Hall–Kier alpha value is -0.473. The summed E-state index contributed by atoms with van der Waals surface area (Å²) in [4.78, 5) is 13.8. The maximum Gasteiger partial charge on any atom is 0.308 e. The molecular weight excluding hydrogens is 444 g/mol. The van der Waals surface area contributed by atoms with Crippen LogP contribution in [0.4, 0.5) is 0 Å². The molecule has 1 aromatic carbocycles. The van der Waals surface area contributed by atoms with Gasteiger partial charge in [0.05, 0.1) is 11.2 Å². The van der Waals surface area contributed by atoms with Gasteiger partial charge >= 0.3 is 5.97 Å². The average Bonchev–Trinajstić information content (AvgIpc) is 2.75. The van der Waals surface area contributed by atoms with E-state index in [0.717, 1.165) is 17.8 Å². The second-order valence-electron chi connectivity index (χ2n) is 9.45. The maximum absolute atomic E-state index is 12.7. The van der Waals surface area contributed by atoms with Gasteiger partial charge in [0.2, 0.25) is 0 Å². The highest BCUT2D eigenvalue weighted by Crippen LogP contribution is 2.53. The van der Waals surface area contributed by atoms with E-state index in [1.807, 2.05) is 31.7 Å². The van der Waals surface area contributed by atoms with Gasteiger partial charge in [-0.05, 0) is 36.7 Å². The fourth-order valence-electron chi connectivity index (χ4n) is 4.75. The summed E-state index contributed by atoms with van der Waals surface area (Å²) in [5, 5.41) is 0.0939. The quantitative estimate of drug-likeness (QED) is 0.301. The first-order valence-electron chi connectivity index (χ1n) is 11.6. The highest BCUT2D eigenvalue weighted by molar-refractivity contribution is 8.04. The number of benzene rings is 1. The molecule has 3 aliphatic heterocycles. The molecule has 3 fully saturated rings. The van der Waals surface area contributed by atoms with Crippen molar-refractivity contribution >= 4 is 37.8 Å². The molecule has 0 amide bonds. The summed E-state index contributed by atoms with van der Waals surface area (Å²) in [5.41, 5.74) is -0.101. The molecule has 0 aliphatic carbocycles. The molecule has 5 atom stereocenters. The van der Waals surface area contributed by atoms with Crippen LogP contribution in [0.5, 0.6) is 0 Å². The minimum atomic E-state index is -2.03. The number of carbonyl (C=O) groups is 1. The zero-order valence-electron chi connectivity index (χ0n) is 19.9. The summed E-state index contributed by atoms with van der Waals surface area (Å²) in [6, 6.07) is 12.5. The molecule has 4 nitrogen and oxygen atoms in total. The van der Waals surface area contributed by atoms with E-state index in [9.17, 15) is 4.79 Å². The molecule has 0 radical (unpaired) electrons. The second kappa shape index (κ2) is 10.2. The predicted molar refractivity (Wildman–Crippen MR) is 133 cm³/mol. The van der Waals surface area contributed by atoms with Crippen molar-refractivity contribution in [2.24, 2.45) is 5.92 Å². The summed E-state index contributed by atoms with van der Waals surface area (Å²) in [6.07, 6.45) is -0.526. The van der Waals surface area contributed by atoms with Crippen LogP contribution < -0.4 is 0 Å². The molecule has 3 aliphatic rings. The van der Waals surface area contributed by atoms with E-state index in [4.69, 9.17) is 13.9 Å². The van der Waals surface area contributed by atoms with E-state index in [2.05, 4.69) is 58.9 Å². The smallest absolute Gasteiger partial charge is 0.308 e. The fraction of sp³-hybridized carbons (Fsp3) is 0.708. The largest absolute Gasteiger partial charge is 0.456 e. The van der Waals surface area contributed by atoms with Crippen LogP contribution in [0.25, 0.3) is 0 Å². The Kier molecular flexibility index (Phi) is 8.28. The van der Waals surface area contributed by atoms with Gasteiger partial charge in [-0.2, -0.15) is 0 Å². The van der Waals surface area contributed by atoms with E-state index in [0.29, 0.717) is 5.54 Å². The van der Waals surface area contributed by atoms with Crippen molar-refractivity contribution in [3.63, 3.8) is 0 Å². The number of hydrogen-bond donors (Lipinski definition) is 0. The Labute approximate surface area is 197 Å². The van der Waals surface area contributed by atoms with E-state index >= 15 is 0 Å². The monoisotopic (exact) mass is 482 g/mol. The van der Waals surface area contributed by atoms with Crippen LogP contribution >= 0.6 is 23.5 Å². The van der Waals surface area contributed by atoms with Crippen LogP contribution in [0.15, 0.2) is 35.2 Å². The third-order valence-electron chi connectivity index (χ3n) is 6.85. The summed E-state index contributed by atoms with van der Waals surface area (Å²) in [6.45, 7) is 15.1. The van der Waals surface area contributed by atoms with E-state index in [1.165, 1.54) is 4.90 Å². The molecule has 0 N–H and O–H groups in total. The zero-order chi connectivity index (χ0) is 22.8. The fourth-order valence-corrected chi connectivity index (χ4v) is 11.6. The van der Waals surface area contributed by atoms with Gasteiger partial charge in [0.1, 0.15) is 17.1 Å². The number of thioether (sulfide) groups is 2. The number of hydrogen-bond acceptors (Lipinski definition) is 6. The molecule has 4 rings (SSSR count). The van der Waals surface area contributed by atoms with Gasteiger partial charge in [-0.3, -0.25) is 4.79 Å². The Morgan fingerprint density at radius 2 is 1.87 bits per heavy atom. The van der Waals surface area contributed by atoms with E-state index in [-0.39, 0.29) is 34.8 Å². The molecule has 1 unspecified atom stereocenters. The standard InChI is InChI=1S/C24H38O4S2Si/c1-8-31(9-2,17(5)6)28-24(7)20(27-22(25)16(3)4)19-15-29-21(24)23(26-19)30-18-13-11-10-12-14-18/h10-14,16-17,19-21,23H,8-9,15H2,1-7H3/t19-,20-,21-,23?,24+/m0/s1. The molecule has 0 saturated carbocycles. The normalized spacial score (nSPS) is 30.7. The summed E-state index contributed by atoms with van der Waals surface area (Å²) in [7, 11) is -2.03. The molecule has 3 saturated heterocycles. The topological polar surface area (TPSA) is 44.8 Å². The lowest BCUT2D eigenvalue weighted by Crippen LogP contribution is -2.72. The van der Waals surface area contributed by atoms with Gasteiger partial charge in [0, 0.05) is 10.6 Å². The third kappa shape index (κ3) is 5.06. The SMILES string of the molecule is CC[Si](CC)(O[C@@]1(C)[C@H]2SC[C@H](OC2Sc2ccccc2)[C@@H]1OC(=O)C(C)C)C(C)C. The van der Waals surface area contributed by atoms with Crippen LogP contribution in [0, 0.1) is 5.92 Å². The molecule has 0 spiro atoms. The Bertz CT molecular complexity index is 740. The molecule has 3 heterocycles. The summed E-state index contributed by atoms with van der Waals surface area (Å²) in [5.74, 6) is 0.495. The number of fused-ring (bicyclic) bond motifs is 3. The number of rotatable bonds is 9. The van der Waals surface area contributed by atoms with Crippen LogP contribution in [0.1, 0.15) is 48.5 Å². The molecular formula is C24H38O4S2Si. The first-order valence-corrected chi connectivity index (χ1v) is 15.9. The lowest BCUT2D eigenvalue weighted by molar-refractivity contribution is -0.207. The zero-order valence-corrected chi connectivity index (χ0v) is 22.6. The minimum absolute atomic E-state index is 0.0299. The van der Waals surface area contributed by atoms with Crippen molar-refractivity contribution in [2.75, 3.05) is 5.75 Å². The second-order valence-corrected chi connectivity index (χ2v) is 16.7. The van der Waals surface area contributed by atoms with Crippen molar-refractivity contribution in [1.82, 2.24) is 0 Å². The first kappa shape index (κ1) is 25.2. The molecule has 2 bridgehead atoms. The molecule has 31 heavy (non-hydrogen) atoms. The van der Waals surface area contributed by atoms with Crippen molar-refractivity contribution < 1.29 is 18.7 Å². The minimum Gasteiger partial charge on any atom is -0.456 e. The third-order valence-corrected chi connectivity index (χ3v) is 15.1.